The lowest BCUT2D eigenvalue weighted by Gasteiger charge is -2.17. The van der Waals surface area contributed by atoms with Crippen molar-refractivity contribution in [1.82, 2.24) is 10.2 Å². The minimum absolute atomic E-state index is 0.104. The van der Waals surface area contributed by atoms with Crippen molar-refractivity contribution in [3.8, 4) is 11.5 Å². The molecule has 5 nitrogen and oxygen atoms in total. The molecule has 0 radical (unpaired) electrons. The number of hydrogen-bond acceptors (Lipinski definition) is 4. The van der Waals surface area contributed by atoms with Crippen LogP contribution in [0.15, 0.2) is 18.2 Å². The second-order valence-corrected chi connectivity index (χ2v) is 5.46. The number of hydrogen-bond donors (Lipinski definition) is 1. The van der Waals surface area contributed by atoms with Gasteiger partial charge in [-0.25, -0.2) is 0 Å². The fourth-order valence-corrected chi connectivity index (χ4v) is 3.23. The van der Waals surface area contributed by atoms with Gasteiger partial charge in [-0.2, -0.15) is 0 Å². The molecular weight excluding hydrogens is 244 g/mol. The number of fused-ring (bicyclic) bond motifs is 2. The molecule has 1 aromatic rings. The lowest BCUT2D eigenvalue weighted by atomic mass is 10.0. The molecular formula is C14H16N2O3. The largest absolute Gasteiger partial charge is 0.454 e. The summed E-state index contributed by atoms with van der Waals surface area (Å²) >= 11 is 0. The van der Waals surface area contributed by atoms with E-state index in [9.17, 15) is 4.79 Å². The number of carbonyl (C=O) groups excluding carboxylic acids is 1. The van der Waals surface area contributed by atoms with Crippen LogP contribution in [0.4, 0.5) is 0 Å². The van der Waals surface area contributed by atoms with Crippen LogP contribution in [-0.4, -0.2) is 43.8 Å². The van der Waals surface area contributed by atoms with Gasteiger partial charge in [0.25, 0.3) is 5.91 Å². The third-order valence-electron chi connectivity index (χ3n) is 4.30. The van der Waals surface area contributed by atoms with Gasteiger partial charge in [-0.05, 0) is 30.0 Å². The molecule has 19 heavy (non-hydrogen) atoms. The molecule has 1 amide bonds. The van der Waals surface area contributed by atoms with E-state index in [2.05, 4.69) is 5.32 Å². The average Bonchev–Trinajstić information content (AvgIpc) is 3.11. The molecule has 4 rings (SSSR count). The maximum absolute atomic E-state index is 12.5. The van der Waals surface area contributed by atoms with Crippen molar-refractivity contribution in [2.24, 2.45) is 11.8 Å². The summed E-state index contributed by atoms with van der Waals surface area (Å²) in [7, 11) is 0. The monoisotopic (exact) mass is 260 g/mol. The van der Waals surface area contributed by atoms with Gasteiger partial charge in [0, 0.05) is 31.7 Å². The summed E-state index contributed by atoms with van der Waals surface area (Å²) in [5.74, 6) is 2.74. The first-order valence-electron chi connectivity index (χ1n) is 6.71. The topological polar surface area (TPSA) is 50.8 Å². The van der Waals surface area contributed by atoms with E-state index in [1.807, 2.05) is 17.0 Å². The zero-order valence-electron chi connectivity index (χ0n) is 10.6. The van der Waals surface area contributed by atoms with Crippen LogP contribution in [0.3, 0.4) is 0 Å². The zero-order valence-corrected chi connectivity index (χ0v) is 10.6. The van der Waals surface area contributed by atoms with Crippen LogP contribution in [0.25, 0.3) is 0 Å². The second kappa shape index (κ2) is 4.13. The average molecular weight is 260 g/mol. The first kappa shape index (κ1) is 11.1. The Kier molecular flexibility index (Phi) is 2.41. The van der Waals surface area contributed by atoms with Crippen LogP contribution in [0.5, 0.6) is 11.5 Å². The molecule has 0 aliphatic carbocycles. The third kappa shape index (κ3) is 1.76. The number of carbonyl (C=O) groups is 1. The number of nitrogens with one attached hydrogen (secondary N) is 1. The molecule has 1 N–H and O–H groups in total. The van der Waals surface area contributed by atoms with Crippen LogP contribution in [0.1, 0.15) is 10.4 Å². The summed E-state index contributed by atoms with van der Waals surface area (Å²) in [6, 6.07) is 5.42. The normalized spacial score (nSPS) is 27.7. The van der Waals surface area contributed by atoms with Gasteiger partial charge in [0.1, 0.15) is 0 Å². The molecule has 0 saturated carbocycles. The molecule has 0 aromatic heterocycles. The van der Waals surface area contributed by atoms with Gasteiger partial charge in [0.2, 0.25) is 6.79 Å². The number of likely N-dealkylation sites (tertiary alicyclic amines) is 1. The molecule has 5 heteroatoms. The minimum atomic E-state index is 0.104. The van der Waals surface area contributed by atoms with E-state index in [-0.39, 0.29) is 12.7 Å². The summed E-state index contributed by atoms with van der Waals surface area (Å²) in [5, 5.41) is 3.38. The molecule has 3 heterocycles. The molecule has 2 fully saturated rings. The van der Waals surface area contributed by atoms with E-state index in [0.29, 0.717) is 23.1 Å². The Morgan fingerprint density at radius 3 is 2.68 bits per heavy atom. The van der Waals surface area contributed by atoms with Crippen LogP contribution < -0.4 is 14.8 Å². The molecule has 1 aromatic carbocycles. The highest BCUT2D eigenvalue weighted by Gasteiger charge is 2.38. The highest BCUT2D eigenvalue weighted by molar-refractivity contribution is 5.95. The maximum atomic E-state index is 12.5. The maximum Gasteiger partial charge on any atom is 0.254 e. The van der Waals surface area contributed by atoms with Gasteiger partial charge in [0.05, 0.1) is 0 Å². The first-order chi connectivity index (χ1) is 9.31. The van der Waals surface area contributed by atoms with Crippen molar-refractivity contribution in [2.45, 2.75) is 0 Å². The van der Waals surface area contributed by atoms with Crippen LogP contribution >= 0.6 is 0 Å². The van der Waals surface area contributed by atoms with E-state index in [1.54, 1.807) is 6.07 Å². The van der Waals surface area contributed by atoms with E-state index >= 15 is 0 Å². The Labute approximate surface area is 111 Å². The fraction of sp³-hybridized carbons (Fsp3) is 0.500. The number of amides is 1. The standard InChI is InChI=1S/C14H16N2O3/c17-14(16-6-10-4-15-5-11(10)7-16)9-1-2-12-13(3-9)19-8-18-12/h1-3,10-11,15H,4-8H2. The van der Waals surface area contributed by atoms with Crippen molar-refractivity contribution < 1.29 is 14.3 Å². The predicted octanol–water partition coefficient (Wildman–Crippen LogP) is 0.707. The third-order valence-corrected chi connectivity index (χ3v) is 4.30. The lowest BCUT2D eigenvalue weighted by molar-refractivity contribution is 0.0781. The first-order valence-corrected chi connectivity index (χ1v) is 6.71. The molecule has 100 valence electrons. The van der Waals surface area contributed by atoms with Crippen molar-refractivity contribution in [3.05, 3.63) is 23.8 Å². The van der Waals surface area contributed by atoms with Crippen molar-refractivity contribution in [2.75, 3.05) is 33.0 Å². The van der Waals surface area contributed by atoms with Crippen molar-refractivity contribution >= 4 is 5.91 Å². The van der Waals surface area contributed by atoms with Crippen LogP contribution in [0, 0.1) is 11.8 Å². The van der Waals surface area contributed by atoms with Crippen molar-refractivity contribution in [1.29, 1.82) is 0 Å². The summed E-state index contributed by atoms with van der Waals surface area (Å²) in [4.78, 5) is 14.5. The summed E-state index contributed by atoms with van der Waals surface area (Å²) in [6.07, 6.45) is 0. The molecule has 3 aliphatic rings. The number of ether oxygens (including phenoxy) is 2. The molecule has 2 atom stereocenters. The van der Waals surface area contributed by atoms with Gasteiger partial charge in [0.15, 0.2) is 11.5 Å². The van der Waals surface area contributed by atoms with Crippen molar-refractivity contribution in [3.63, 3.8) is 0 Å². The zero-order chi connectivity index (χ0) is 12.8. The summed E-state index contributed by atoms with van der Waals surface area (Å²) < 4.78 is 10.6. The van der Waals surface area contributed by atoms with E-state index < -0.39 is 0 Å². The smallest absolute Gasteiger partial charge is 0.254 e. The number of benzene rings is 1. The Morgan fingerprint density at radius 1 is 1.16 bits per heavy atom. The number of rotatable bonds is 1. The SMILES string of the molecule is O=C(c1ccc2c(c1)OCO2)N1CC2CNCC2C1. The highest BCUT2D eigenvalue weighted by atomic mass is 16.7. The van der Waals surface area contributed by atoms with Gasteiger partial charge >= 0.3 is 0 Å². The second-order valence-electron chi connectivity index (χ2n) is 5.46. The van der Waals surface area contributed by atoms with E-state index in [0.717, 1.165) is 31.9 Å². The van der Waals surface area contributed by atoms with Gasteiger partial charge in [-0.1, -0.05) is 0 Å². The fourth-order valence-electron chi connectivity index (χ4n) is 3.23. The predicted molar refractivity (Wildman–Crippen MR) is 68.3 cm³/mol. The van der Waals surface area contributed by atoms with Gasteiger partial charge < -0.3 is 19.7 Å². The molecule has 2 unspecified atom stereocenters. The number of nitrogens with zero attached hydrogens (tertiary/aromatic N) is 1. The Bertz CT molecular complexity index is 519. The van der Waals surface area contributed by atoms with E-state index in [4.69, 9.17) is 9.47 Å². The minimum Gasteiger partial charge on any atom is -0.454 e. The molecule has 2 saturated heterocycles. The quantitative estimate of drug-likeness (QED) is 0.808. The highest BCUT2D eigenvalue weighted by Crippen LogP contribution is 2.34. The Hall–Kier alpha value is -1.75. The van der Waals surface area contributed by atoms with Crippen LogP contribution in [-0.2, 0) is 0 Å². The van der Waals surface area contributed by atoms with Crippen LogP contribution in [0.2, 0.25) is 0 Å². The lowest BCUT2D eigenvalue weighted by Crippen LogP contribution is -2.31. The van der Waals surface area contributed by atoms with E-state index in [1.165, 1.54) is 0 Å². The Balaban J connectivity index is 1.54. The molecule has 0 spiro atoms. The molecule has 3 aliphatic heterocycles. The van der Waals surface area contributed by atoms with Gasteiger partial charge in [-0.15, -0.1) is 0 Å². The molecule has 0 bridgehead atoms. The summed E-state index contributed by atoms with van der Waals surface area (Å²) in [5.41, 5.74) is 0.692. The summed E-state index contributed by atoms with van der Waals surface area (Å²) in [6.45, 7) is 4.05. The Morgan fingerprint density at radius 2 is 1.89 bits per heavy atom. The van der Waals surface area contributed by atoms with Gasteiger partial charge in [-0.3, -0.25) is 4.79 Å².